The average Bonchev–Trinajstić information content (AvgIpc) is 2.38. The van der Waals surface area contributed by atoms with Crippen LogP contribution in [0.5, 0.6) is 0 Å². The number of aliphatic hydroxyl groups excluding tert-OH is 1. The van der Waals surface area contributed by atoms with E-state index in [4.69, 9.17) is 0 Å². The zero-order chi connectivity index (χ0) is 14.8. The molecule has 1 N–H and O–H groups in total. The van der Waals surface area contributed by atoms with Gasteiger partial charge in [-0.15, -0.1) is 0 Å². The summed E-state index contributed by atoms with van der Waals surface area (Å²) in [6, 6.07) is 0. The molecule has 0 aromatic heterocycles. The maximum Gasteiger partial charge on any atom is 0.167 e. The first kappa shape index (κ1) is 17.3. The molecule has 0 radical (unpaired) electrons. The highest BCUT2D eigenvalue weighted by molar-refractivity contribution is 6.15. The van der Waals surface area contributed by atoms with Gasteiger partial charge in [0.05, 0.1) is 5.57 Å². The molecule has 0 aliphatic heterocycles. The maximum absolute atomic E-state index is 11.9. The van der Waals surface area contributed by atoms with Gasteiger partial charge in [0.25, 0.3) is 0 Å². The molecule has 0 saturated carbocycles. The van der Waals surface area contributed by atoms with E-state index in [1.807, 2.05) is 26.8 Å². The summed E-state index contributed by atoms with van der Waals surface area (Å²) in [4.78, 5) is 20.2. The normalized spacial score (nSPS) is 14.8. The largest absolute Gasteiger partial charge is 0.512 e. The third-order valence-electron chi connectivity index (χ3n) is 2.56. The second-order valence-electron chi connectivity index (χ2n) is 4.23. The van der Waals surface area contributed by atoms with Crippen molar-refractivity contribution in [2.45, 2.75) is 53.9 Å². The van der Waals surface area contributed by atoms with Crippen molar-refractivity contribution in [2.75, 3.05) is 0 Å². The summed E-state index contributed by atoms with van der Waals surface area (Å²) in [5, 5.41) is 9.77. The van der Waals surface area contributed by atoms with Gasteiger partial charge in [0.1, 0.15) is 11.6 Å². The topological polar surface area (TPSA) is 62.0 Å². The summed E-state index contributed by atoms with van der Waals surface area (Å²) < 4.78 is 0. The van der Waals surface area contributed by atoms with Crippen molar-refractivity contribution in [3.63, 3.8) is 0 Å². The van der Waals surface area contributed by atoms with Gasteiger partial charge in [-0.05, 0) is 27.2 Å². The van der Waals surface area contributed by atoms with Crippen LogP contribution in [-0.4, -0.2) is 22.9 Å². The van der Waals surface area contributed by atoms with E-state index in [1.165, 1.54) is 6.21 Å². The van der Waals surface area contributed by atoms with Crippen LogP contribution >= 0.6 is 0 Å². The van der Waals surface area contributed by atoms with Crippen LogP contribution in [0.1, 0.15) is 53.9 Å². The van der Waals surface area contributed by atoms with Gasteiger partial charge in [-0.25, -0.2) is 9.98 Å². The average molecular weight is 264 g/mol. The van der Waals surface area contributed by atoms with Gasteiger partial charge in [0, 0.05) is 24.8 Å². The van der Waals surface area contributed by atoms with Gasteiger partial charge in [-0.2, -0.15) is 0 Å². The summed E-state index contributed by atoms with van der Waals surface area (Å²) in [6.45, 7) is 9.26. The number of carbonyl (C=O) groups excluding carboxylic acids is 1. The van der Waals surface area contributed by atoms with Crippen molar-refractivity contribution in [1.82, 2.24) is 0 Å². The Kier molecular flexibility index (Phi) is 8.42. The van der Waals surface area contributed by atoms with Gasteiger partial charge < -0.3 is 5.11 Å². The Balaban J connectivity index is 5.15. The van der Waals surface area contributed by atoms with E-state index in [2.05, 4.69) is 9.98 Å². The minimum Gasteiger partial charge on any atom is -0.512 e. The van der Waals surface area contributed by atoms with Crippen LogP contribution in [0.15, 0.2) is 33.1 Å². The molecule has 0 fully saturated rings. The minimum absolute atomic E-state index is 0.0813. The number of ketones is 1. The minimum atomic E-state index is -0.0823. The highest BCUT2D eigenvalue weighted by Gasteiger charge is 2.11. The van der Waals surface area contributed by atoms with Crippen LogP contribution in [0.25, 0.3) is 0 Å². The summed E-state index contributed by atoms with van der Waals surface area (Å²) >= 11 is 0. The molecule has 4 nitrogen and oxygen atoms in total. The number of hydrogen-bond donors (Lipinski definition) is 1. The van der Waals surface area contributed by atoms with E-state index in [1.54, 1.807) is 13.8 Å². The number of amidine groups is 1. The summed E-state index contributed by atoms with van der Waals surface area (Å²) in [6.07, 6.45) is 4.87. The van der Waals surface area contributed by atoms with Crippen molar-refractivity contribution in [3.8, 4) is 0 Å². The molecule has 4 heteroatoms. The second-order valence-corrected chi connectivity index (χ2v) is 4.23. The molecule has 106 valence electrons. The molecule has 0 rings (SSSR count). The fraction of sp³-hybridized carbons (Fsp3) is 0.533. The summed E-state index contributed by atoms with van der Waals surface area (Å²) in [5.41, 5.74) is 1.15. The Hall–Kier alpha value is -1.71. The molecule has 0 saturated heterocycles. The number of aliphatic imine (C=N–C) groups is 2. The highest BCUT2D eigenvalue weighted by Crippen LogP contribution is 2.08. The third-order valence-corrected chi connectivity index (χ3v) is 2.56. The Morgan fingerprint density at radius 2 is 1.89 bits per heavy atom. The van der Waals surface area contributed by atoms with Crippen molar-refractivity contribution in [1.29, 1.82) is 0 Å². The lowest BCUT2D eigenvalue weighted by Crippen LogP contribution is -2.07. The molecule has 0 spiro atoms. The van der Waals surface area contributed by atoms with Crippen LogP contribution < -0.4 is 0 Å². The van der Waals surface area contributed by atoms with Gasteiger partial charge in [0.2, 0.25) is 0 Å². The molecule has 0 aliphatic rings. The number of nitrogens with zero attached hydrogens (tertiary/aromatic N) is 2. The zero-order valence-corrected chi connectivity index (χ0v) is 12.5. The lowest BCUT2D eigenvalue weighted by Gasteiger charge is -2.03. The van der Waals surface area contributed by atoms with Crippen molar-refractivity contribution < 1.29 is 9.90 Å². The quantitative estimate of drug-likeness (QED) is 0.341. The van der Waals surface area contributed by atoms with Gasteiger partial charge >= 0.3 is 0 Å². The zero-order valence-electron chi connectivity index (χ0n) is 12.5. The molecule has 0 aromatic rings. The van der Waals surface area contributed by atoms with Gasteiger partial charge in [0.15, 0.2) is 5.78 Å². The lowest BCUT2D eigenvalue weighted by atomic mass is 10.1. The molecule has 0 aromatic carbocycles. The number of hydrogen-bond acceptors (Lipinski definition) is 3. The molecule has 0 aliphatic carbocycles. The molecule has 0 bridgehead atoms. The predicted octanol–water partition coefficient (Wildman–Crippen LogP) is 3.99. The number of aliphatic hydroxyl groups is 1. The van der Waals surface area contributed by atoms with Crippen molar-refractivity contribution in [2.24, 2.45) is 9.98 Å². The molecular formula is C15H24N2O2. The standard InChI is InChI=1S/C15H24N2O2/c1-6-9-15(19)13(14(18)8-3)10-16-12(5)17-11(4)7-2/h7,10,18H,6,8-9H2,1-5H3/b11-7-,14-13?,16-10?,17-12?. The summed E-state index contributed by atoms with van der Waals surface area (Å²) in [7, 11) is 0. The number of allylic oxidation sites excluding steroid dienone is 4. The molecule has 0 amide bonds. The van der Waals surface area contributed by atoms with Crippen LogP contribution in [-0.2, 0) is 4.79 Å². The smallest absolute Gasteiger partial charge is 0.167 e. The van der Waals surface area contributed by atoms with Crippen molar-refractivity contribution >= 4 is 17.8 Å². The SMILES string of the molecule is C/C=C(/C)N=C(C)N=CC(C(=O)CCC)=C(O)CC. The first-order valence-electron chi connectivity index (χ1n) is 6.63. The Labute approximate surface area is 115 Å². The number of rotatable bonds is 6. The van der Waals surface area contributed by atoms with Gasteiger partial charge in [-0.1, -0.05) is 19.9 Å². The molecule has 19 heavy (non-hydrogen) atoms. The molecular weight excluding hydrogens is 240 g/mol. The summed E-state index contributed by atoms with van der Waals surface area (Å²) in [5.74, 6) is 0.556. The fourth-order valence-corrected chi connectivity index (χ4v) is 1.37. The van der Waals surface area contributed by atoms with E-state index in [9.17, 15) is 9.90 Å². The van der Waals surface area contributed by atoms with E-state index in [0.29, 0.717) is 18.7 Å². The van der Waals surface area contributed by atoms with E-state index < -0.39 is 0 Å². The van der Waals surface area contributed by atoms with Crippen LogP contribution in [0.3, 0.4) is 0 Å². The predicted molar refractivity (Wildman–Crippen MR) is 80.9 cm³/mol. The van der Waals surface area contributed by atoms with E-state index in [-0.39, 0.29) is 17.1 Å². The van der Waals surface area contributed by atoms with E-state index >= 15 is 0 Å². The lowest BCUT2D eigenvalue weighted by molar-refractivity contribution is -0.115. The Morgan fingerprint density at radius 1 is 1.26 bits per heavy atom. The van der Waals surface area contributed by atoms with Gasteiger partial charge in [-0.3, -0.25) is 4.79 Å². The Morgan fingerprint density at radius 3 is 2.37 bits per heavy atom. The first-order chi connectivity index (χ1) is 8.96. The highest BCUT2D eigenvalue weighted by atomic mass is 16.3. The monoisotopic (exact) mass is 264 g/mol. The number of Topliss-reactive ketones (excluding diaryl/α,β-unsaturated/α-hetero) is 1. The maximum atomic E-state index is 11.9. The third kappa shape index (κ3) is 6.70. The molecule has 0 atom stereocenters. The second kappa shape index (κ2) is 9.25. The first-order valence-corrected chi connectivity index (χ1v) is 6.63. The van der Waals surface area contributed by atoms with Crippen molar-refractivity contribution in [3.05, 3.63) is 23.1 Å². The van der Waals surface area contributed by atoms with Crippen LogP contribution in [0, 0.1) is 0 Å². The van der Waals surface area contributed by atoms with Crippen LogP contribution in [0.4, 0.5) is 0 Å². The van der Waals surface area contributed by atoms with E-state index in [0.717, 1.165) is 12.1 Å². The Bertz CT molecular complexity index is 429. The fourth-order valence-electron chi connectivity index (χ4n) is 1.37. The number of carbonyl (C=O) groups is 1. The van der Waals surface area contributed by atoms with Crippen LogP contribution in [0.2, 0.25) is 0 Å². The molecule has 0 heterocycles. The molecule has 0 unspecified atom stereocenters.